The summed E-state index contributed by atoms with van der Waals surface area (Å²) in [6, 6.07) is 12.9. The molecule has 0 saturated heterocycles. The molecule has 43 heavy (non-hydrogen) atoms. The van der Waals surface area contributed by atoms with E-state index >= 15 is 0 Å². The smallest absolute Gasteiger partial charge is 0.490 e. The molecule has 236 valence electrons. The topological polar surface area (TPSA) is 239 Å². The summed E-state index contributed by atoms with van der Waals surface area (Å²) in [4.78, 5) is 46.2. The summed E-state index contributed by atoms with van der Waals surface area (Å²) in [5.74, 6) is -6.17. The van der Waals surface area contributed by atoms with E-state index in [4.69, 9.17) is 51.7 Å². The van der Waals surface area contributed by atoms with Gasteiger partial charge < -0.3 is 31.3 Å². The van der Waals surface area contributed by atoms with E-state index in [1.807, 2.05) is 0 Å². The van der Waals surface area contributed by atoms with Crippen molar-refractivity contribution in [3.05, 3.63) is 65.2 Å². The molecule has 2 rings (SSSR count). The summed E-state index contributed by atoms with van der Waals surface area (Å²) in [5.41, 5.74) is 14.2. The molecule has 0 bridgehead atoms. The number of carboxylic acid groups (broad SMARTS) is 2. The summed E-state index contributed by atoms with van der Waals surface area (Å²) in [5, 5.41) is 29.0. The van der Waals surface area contributed by atoms with E-state index in [0.29, 0.717) is 36.3 Å². The molecule has 0 saturated carbocycles. The number of benzene rings is 2. The Morgan fingerprint density at radius 3 is 1.67 bits per heavy atom. The number of nitrogens with one attached hydrogen (secondary N) is 3. The standard InChI is InChI=1S/C20H23N5O4.2C2HF3O2/c21-18(22)13-7-9-14(10-8-13)20(27)25-29-17(26)6-1-2-11-28-16-5-3-4-15(12-16)19(23)24;2*3-2(4,5)1(6)7/h3-5,7-10,12H,1-2,6,11H2,(H3,21,22)(H3,23,24)(H,25,27);2*(H,6,7). The maximum atomic E-state index is 11.9. The van der Waals surface area contributed by atoms with E-state index in [-0.39, 0.29) is 23.7 Å². The minimum Gasteiger partial charge on any atom is -0.494 e. The van der Waals surface area contributed by atoms with Crippen LogP contribution in [-0.4, -0.2) is 64.7 Å². The molecule has 0 aliphatic heterocycles. The van der Waals surface area contributed by atoms with Crippen molar-refractivity contribution in [2.24, 2.45) is 11.5 Å². The summed E-state index contributed by atoms with van der Waals surface area (Å²) in [6.07, 6.45) is -8.91. The van der Waals surface area contributed by atoms with Gasteiger partial charge >= 0.3 is 30.3 Å². The lowest BCUT2D eigenvalue weighted by atomic mass is 10.1. The minimum absolute atomic E-state index is 0.0324. The van der Waals surface area contributed by atoms with Gasteiger partial charge in [-0.25, -0.2) is 14.4 Å². The first-order valence-electron chi connectivity index (χ1n) is 11.4. The van der Waals surface area contributed by atoms with Crippen molar-refractivity contribution in [3.63, 3.8) is 0 Å². The Kier molecular flexibility index (Phi) is 15.3. The predicted octanol–water partition coefficient (Wildman–Crippen LogP) is 2.96. The Balaban J connectivity index is 0.00000104. The van der Waals surface area contributed by atoms with E-state index in [9.17, 15) is 35.9 Å². The normalized spacial score (nSPS) is 10.5. The lowest BCUT2D eigenvalue weighted by Crippen LogP contribution is -2.27. The second-order valence-electron chi connectivity index (χ2n) is 7.75. The predicted molar refractivity (Wildman–Crippen MR) is 135 cm³/mol. The Morgan fingerprint density at radius 2 is 1.23 bits per heavy atom. The number of unbranched alkanes of at least 4 members (excludes halogenated alkanes) is 1. The van der Waals surface area contributed by atoms with Gasteiger partial charge in [-0.1, -0.05) is 24.3 Å². The number of hydrogen-bond acceptors (Lipinski definition) is 8. The van der Waals surface area contributed by atoms with E-state index in [0.717, 1.165) is 0 Å². The molecule has 2 aromatic rings. The first-order valence-corrected chi connectivity index (χ1v) is 11.4. The second-order valence-corrected chi connectivity index (χ2v) is 7.75. The number of alkyl halides is 6. The average Bonchev–Trinajstić information content (AvgIpc) is 2.91. The van der Waals surface area contributed by atoms with Crippen LogP contribution in [0.25, 0.3) is 0 Å². The third-order valence-electron chi connectivity index (χ3n) is 4.39. The monoisotopic (exact) mass is 625 g/mol. The zero-order chi connectivity index (χ0) is 33.4. The quantitative estimate of drug-likeness (QED) is 0.0707. The zero-order valence-electron chi connectivity index (χ0n) is 21.7. The second kappa shape index (κ2) is 17.5. The van der Waals surface area contributed by atoms with Crippen LogP contribution >= 0.6 is 0 Å². The van der Waals surface area contributed by atoms with Crippen molar-refractivity contribution >= 4 is 35.5 Å². The van der Waals surface area contributed by atoms with Gasteiger partial charge in [0.15, 0.2) is 0 Å². The maximum Gasteiger partial charge on any atom is 0.490 e. The lowest BCUT2D eigenvalue weighted by molar-refractivity contribution is -0.193. The van der Waals surface area contributed by atoms with Gasteiger partial charge in [-0.15, -0.1) is 0 Å². The molecule has 9 N–H and O–H groups in total. The molecule has 0 heterocycles. The average molecular weight is 625 g/mol. The third kappa shape index (κ3) is 16.5. The van der Waals surface area contributed by atoms with Gasteiger partial charge in [-0.2, -0.15) is 31.8 Å². The van der Waals surface area contributed by atoms with Gasteiger partial charge in [-0.3, -0.25) is 15.6 Å². The summed E-state index contributed by atoms with van der Waals surface area (Å²) >= 11 is 0. The highest BCUT2D eigenvalue weighted by molar-refractivity contribution is 5.98. The summed E-state index contributed by atoms with van der Waals surface area (Å²) < 4.78 is 69.0. The first-order chi connectivity index (χ1) is 19.7. The number of nitrogens with two attached hydrogens (primary N) is 2. The van der Waals surface area contributed by atoms with Crippen LogP contribution in [0.4, 0.5) is 26.3 Å². The molecule has 0 radical (unpaired) electrons. The highest BCUT2D eigenvalue weighted by atomic mass is 19.4. The van der Waals surface area contributed by atoms with E-state index in [1.165, 1.54) is 24.3 Å². The molecule has 0 aliphatic rings. The Bertz CT molecular complexity index is 1260. The number of carbonyl (C=O) groups is 4. The van der Waals surface area contributed by atoms with Crippen LogP contribution in [0.1, 0.15) is 40.7 Å². The van der Waals surface area contributed by atoms with Crippen molar-refractivity contribution < 1.29 is 65.3 Å². The number of rotatable bonds is 9. The van der Waals surface area contributed by atoms with E-state index < -0.39 is 36.2 Å². The largest absolute Gasteiger partial charge is 0.494 e. The number of nitrogen functional groups attached to an aromatic ring is 2. The molecular weight excluding hydrogens is 600 g/mol. The number of carbonyl (C=O) groups excluding carboxylic acids is 2. The molecule has 0 unspecified atom stereocenters. The highest BCUT2D eigenvalue weighted by Gasteiger charge is 2.38. The van der Waals surface area contributed by atoms with Crippen LogP contribution in [-0.2, 0) is 19.2 Å². The van der Waals surface area contributed by atoms with E-state index in [2.05, 4.69) is 5.48 Å². The fourth-order valence-corrected chi connectivity index (χ4v) is 2.33. The molecule has 0 aromatic heterocycles. The van der Waals surface area contributed by atoms with Crippen molar-refractivity contribution in [1.82, 2.24) is 5.48 Å². The Morgan fingerprint density at radius 1 is 0.767 bits per heavy atom. The summed E-state index contributed by atoms with van der Waals surface area (Å²) in [7, 11) is 0. The number of amides is 1. The van der Waals surface area contributed by atoms with Crippen LogP contribution in [0.2, 0.25) is 0 Å². The first kappa shape index (κ1) is 37.6. The fraction of sp³-hybridized carbons (Fsp3) is 0.250. The Hall–Kier alpha value is -5.36. The van der Waals surface area contributed by atoms with E-state index in [1.54, 1.807) is 24.3 Å². The van der Waals surface area contributed by atoms with Crippen molar-refractivity contribution in [2.75, 3.05) is 6.61 Å². The van der Waals surface area contributed by atoms with Crippen molar-refractivity contribution in [1.29, 1.82) is 10.8 Å². The van der Waals surface area contributed by atoms with Gasteiger partial charge in [-0.05, 0) is 37.1 Å². The van der Waals surface area contributed by atoms with Crippen molar-refractivity contribution in [3.8, 4) is 5.75 Å². The van der Waals surface area contributed by atoms with Crippen LogP contribution in [0, 0.1) is 10.8 Å². The van der Waals surface area contributed by atoms with Gasteiger partial charge in [0.05, 0.1) is 6.61 Å². The van der Waals surface area contributed by atoms with Crippen LogP contribution in [0.15, 0.2) is 48.5 Å². The SMILES string of the molecule is N=C(N)c1ccc(C(=O)NOC(=O)CCCCOc2cccc(C(=N)N)c2)cc1.O=C(O)C(F)(F)F.O=C(O)C(F)(F)F. The van der Waals surface area contributed by atoms with Crippen molar-refractivity contribution in [2.45, 2.75) is 31.6 Å². The number of aliphatic carboxylic acids is 2. The molecule has 0 aliphatic carbocycles. The molecule has 1 amide bonds. The van der Waals surface area contributed by atoms with Crippen LogP contribution < -0.4 is 21.7 Å². The minimum atomic E-state index is -5.08. The summed E-state index contributed by atoms with van der Waals surface area (Å²) in [6.45, 7) is 0.392. The van der Waals surface area contributed by atoms with Gasteiger partial charge in [0.1, 0.15) is 17.4 Å². The number of hydrogen-bond donors (Lipinski definition) is 7. The maximum absolute atomic E-state index is 11.9. The molecular formula is C24H25F6N5O8. The molecule has 2 aromatic carbocycles. The van der Waals surface area contributed by atoms with Crippen LogP contribution in [0.3, 0.4) is 0 Å². The van der Waals surface area contributed by atoms with Crippen LogP contribution in [0.5, 0.6) is 5.75 Å². The van der Waals surface area contributed by atoms with Gasteiger partial charge in [0, 0.05) is 23.1 Å². The molecule has 0 spiro atoms. The molecule has 0 atom stereocenters. The number of amidine groups is 2. The lowest BCUT2D eigenvalue weighted by Gasteiger charge is -2.08. The molecule has 19 heteroatoms. The number of ether oxygens (including phenoxy) is 1. The Labute approximate surface area is 238 Å². The zero-order valence-corrected chi connectivity index (χ0v) is 21.7. The molecule has 0 fully saturated rings. The number of carboxylic acids is 2. The third-order valence-corrected chi connectivity index (χ3v) is 4.39. The number of hydroxylamine groups is 1. The van der Waals surface area contributed by atoms with Gasteiger partial charge in [0.25, 0.3) is 5.91 Å². The number of halogens is 6. The fourth-order valence-electron chi connectivity index (χ4n) is 2.33. The highest BCUT2D eigenvalue weighted by Crippen LogP contribution is 2.15. The molecule has 13 nitrogen and oxygen atoms in total. The van der Waals surface area contributed by atoms with Gasteiger partial charge in [0.2, 0.25) is 0 Å².